The lowest BCUT2D eigenvalue weighted by atomic mass is 9.88. The molecule has 1 spiro atoms. The van der Waals surface area contributed by atoms with Gasteiger partial charge in [0.25, 0.3) is 10.2 Å². The summed E-state index contributed by atoms with van der Waals surface area (Å²) >= 11 is 0. The highest BCUT2D eigenvalue weighted by Crippen LogP contribution is 2.39. The fraction of sp³-hybridized carbons (Fsp3) is 1.00. The molecule has 0 aromatic rings. The highest BCUT2D eigenvalue weighted by atomic mass is 32.2. The number of ether oxygens (including phenoxy) is 1. The Balaban J connectivity index is 1.58. The van der Waals surface area contributed by atoms with Gasteiger partial charge < -0.3 is 4.74 Å². The van der Waals surface area contributed by atoms with Crippen molar-refractivity contribution in [3.8, 4) is 0 Å². The first-order valence-electron chi connectivity index (χ1n) is 7.99. The van der Waals surface area contributed by atoms with Gasteiger partial charge in [-0.2, -0.15) is 17.0 Å². The quantitative estimate of drug-likeness (QED) is 0.761. The summed E-state index contributed by atoms with van der Waals surface area (Å²) in [5.41, 5.74) is -0.0778. The number of nitrogens with zero attached hydrogens (tertiary/aromatic N) is 3. The van der Waals surface area contributed by atoms with Crippen LogP contribution in [0.2, 0.25) is 0 Å². The van der Waals surface area contributed by atoms with E-state index in [2.05, 4.69) is 4.90 Å². The van der Waals surface area contributed by atoms with E-state index in [4.69, 9.17) is 4.74 Å². The molecule has 3 rings (SSSR count). The van der Waals surface area contributed by atoms with Crippen molar-refractivity contribution in [3.05, 3.63) is 0 Å². The summed E-state index contributed by atoms with van der Waals surface area (Å²) in [4.78, 5) is 2.55. The minimum Gasteiger partial charge on any atom is -0.373 e. The molecule has 122 valence electrons. The Labute approximate surface area is 128 Å². The second-order valence-corrected chi connectivity index (χ2v) is 8.93. The van der Waals surface area contributed by atoms with Crippen LogP contribution >= 0.6 is 0 Å². The average molecular weight is 317 g/mol. The topological polar surface area (TPSA) is 53.1 Å². The summed E-state index contributed by atoms with van der Waals surface area (Å²) in [7, 11) is -0.0898. The van der Waals surface area contributed by atoms with Crippen molar-refractivity contribution in [2.45, 2.75) is 43.7 Å². The summed E-state index contributed by atoms with van der Waals surface area (Å²) in [6, 6.07) is 0.546. The Hall–Kier alpha value is -0.210. The highest BCUT2D eigenvalue weighted by Gasteiger charge is 2.46. The molecule has 0 saturated carbocycles. The van der Waals surface area contributed by atoms with Gasteiger partial charge in [0.05, 0.1) is 12.2 Å². The van der Waals surface area contributed by atoms with Gasteiger partial charge in [-0.25, -0.2) is 0 Å². The second-order valence-electron chi connectivity index (χ2n) is 6.78. The van der Waals surface area contributed by atoms with E-state index in [0.29, 0.717) is 19.1 Å². The maximum atomic E-state index is 12.2. The minimum atomic E-state index is -3.27. The van der Waals surface area contributed by atoms with Crippen LogP contribution in [0, 0.1) is 0 Å². The fourth-order valence-electron chi connectivity index (χ4n) is 3.87. The van der Waals surface area contributed by atoms with Crippen molar-refractivity contribution in [1.82, 2.24) is 13.5 Å². The van der Waals surface area contributed by atoms with Crippen molar-refractivity contribution < 1.29 is 13.2 Å². The molecule has 0 radical (unpaired) electrons. The Kier molecular flexibility index (Phi) is 4.31. The summed E-state index contributed by atoms with van der Waals surface area (Å²) in [5.74, 6) is 0. The number of rotatable bonds is 3. The zero-order valence-electron chi connectivity index (χ0n) is 13.1. The Bertz CT molecular complexity index is 466. The van der Waals surface area contributed by atoms with E-state index in [-0.39, 0.29) is 5.60 Å². The van der Waals surface area contributed by atoms with Crippen molar-refractivity contribution in [3.63, 3.8) is 0 Å². The lowest BCUT2D eigenvalue weighted by Gasteiger charge is -2.39. The van der Waals surface area contributed by atoms with E-state index in [9.17, 15) is 8.42 Å². The van der Waals surface area contributed by atoms with Crippen molar-refractivity contribution in [2.24, 2.45) is 0 Å². The normalized spacial score (nSPS) is 31.5. The smallest absolute Gasteiger partial charge is 0.281 e. The molecular formula is C14H27N3O3S. The van der Waals surface area contributed by atoms with Crippen LogP contribution in [0.15, 0.2) is 0 Å². The molecule has 0 N–H and O–H groups in total. The predicted molar refractivity (Wildman–Crippen MR) is 81.3 cm³/mol. The summed E-state index contributed by atoms with van der Waals surface area (Å²) in [6.07, 6.45) is 5.33. The van der Waals surface area contributed by atoms with Crippen LogP contribution in [0.4, 0.5) is 0 Å². The van der Waals surface area contributed by atoms with Gasteiger partial charge >= 0.3 is 0 Å². The van der Waals surface area contributed by atoms with Gasteiger partial charge in [-0.1, -0.05) is 0 Å². The molecule has 3 aliphatic heterocycles. The standard InChI is InChI=1S/C14H27N3O3S/c1-15(2)21(18,19)17-9-5-14(6-10-17)11-13(12-20-14)16-7-3-4-8-16/h13H,3-12H2,1-2H3. The number of piperidine rings is 1. The third kappa shape index (κ3) is 2.99. The molecule has 0 amide bonds. The van der Waals surface area contributed by atoms with Crippen LogP contribution in [0.25, 0.3) is 0 Å². The van der Waals surface area contributed by atoms with E-state index < -0.39 is 10.2 Å². The number of hydrogen-bond acceptors (Lipinski definition) is 4. The zero-order chi connectivity index (χ0) is 15.1. The van der Waals surface area contributed by atoms with E-state index in [1.807, 2.05) is 0 Å². The lowest BCUT2D eigenvalue weighted by Crippen LogP contribution is -2.50. The van der Waals surface area contributed by atoms with E-state index in [1.54, 1.807) is 18.4 Å². The first-order valence-corrected chi connectivity index (χ1v) is 9.38. The first-order chi connectivity index (χ1) is 9.93. The molecule has 21 heavy (non-hydrogen) atoms. The lowest BCUT2D eigenvalue weighted by molar-refractivity contribution is -0.0321. The van der Waals surface area contributed by atoms with Crippen LogP contribution in [-0.2, 0) is 14.9 Å². The van der Waals surface area contributed by atoms with Gasteiger partial charge in [-0.15, -0.1) is 0 Å². The van der Waals surface area contributed by atoms with Crippen LogP contribution in [0.5, 0.6) is 0 Å². The Morgan fingerprint density at radius 2 is 1.71 bits per heavy atom. The molecule has 6 nitrogen and oxygen atoms in total. The van der Waals surface area contributed by atoms with Crippen LogP contribution in [0.3, 0.4) is 0 Å². The van der Waals surface area contributed by atoms with Crippen LogP contribution < -0.4 is 0 Å². The maximum absolute atomic E-state index is 12.2. The largest absolute Gasteiger partial charge is 0.373 e. The predicted octanol–water partition coefficient (Wildman–Crippen LogP) is 0.512. The molecule has 3 fully saturated rings. The second kappa shape index (κ2) is 5.77. The zero-order valence-corrected chi connectivity index (χ0v) is 13.9. The number of likely N-dealkylation sites (tertiary alicyclic amines) is 1. The summed E-state index contributed by atoms with van der Waals surface area (Å²) in [5, 5.41) is 0. The SMILES string of the molecule is CN(C)S(=O)(=O)N1CCC2(CC1)CC(N1CCCC1)CO2. The van der Waals surface area contributed by atoms with Gasteiger partial charge in [0.1, 0.15) is 0 Å². The molecule has 0 bridgehead atoms. The van der Waals surface area contributed by atoms with Crippen molar-refractivity contribution in [1.29, 1.82) is 0 Å². The van der Waals surface area contributed by atoms with E-state index in [0.717, 1.165) is 25.9 Å². The molecule has 7 heteroatoms. The number of hydrogen-bond donors (Lipinski definition) is 0. The molecule has 3 heterocycles. The molecular weight excluding hydrogens is 290 g/mol. The summed E-state index contributed by atoms with van der Waals surface area (Å²) < 4.78 is 33.4. The molecule has 3 saturated heterocycles. The van der Waals surface area contributed by atoms with Crippen LogP contribution in [-0.4, -0.2) is 80.5 Å². The average Bonchev–Trinajstić information content (AvgIpc) is 3.09. The van der Waals surface area contributed by atoms with Crippen LogP contribution in [0.1, 0.15) is 32.1 Å². The minimum absolute atomic E-state index is 0.0778. The van der Waals surface area contributed by atoms with Crippen molar-refractivity contribution >= 4 is 10.2 Å². The molecule has 1 atom stereocenters. The Morgan fingerprint density at radius 3 is 2.29 bits per heavy atom. The highest BCUT2D eigenvalue weighted by molar-refractivity contribution is 7.86. The molecule has 1 unspecified atom stereocenters. The maximum Gasteiger partial charge on any atom is 0.281 e. The molecule has 0 aromatic carbocycles. The first kappa shape index (κ1) is 15.7. The van der Waals surface area contributed by atoms with Gasteiger partial charge in [0, 0.05) is 33.2 Å². The van der Waals surface area contributed by atoms with Gasteiger partial charge in [-0.05, 0) is 45.2 Å². The summed E-state index contributed by atoms with van der Waals surface area (Å²) in [6.45, 7) is 4.37. The van der Waals surface area contributed by atoms with Crippen molar-refractivity contribution in [2.75, 3.05) is 46.9 Å². The Morgan fingerprint density at radius 1 is 1.10 bits per heavy atom. The molecule has 0 aliphatic carbocycles. The van der Waals surface area contributed by atoms with Gasteiger partial charge in [0.2, 0.25) is 0 Å². The van der Waals surface area contributed by atoms with E-state index in [1.165, 1.54) is 30.2 Å². The monoisotopic (exact) mass is 317 g/mol. The van der Waals surface area contributed by atoms with Gasteiger partial charge in [-0.3, -0.25) is 4.90 Å². The third-order valence-corrected chi connectivity index (χ3v) is 7.21. The molecule has 0 aromatic heterocycles. The fourth-order valence-corrected chi connectivity index (χ4v) is 4.97. The molecule has 3 aliphatic rings. The van der Waals surface area contributed by atoms with E-state index >= 15 is 0 Å². The third-order valence-electron chi connectivity index (χ3n) is 5.27. The van der Waals surface area contributed by atoms with Gasteiger partial charge in [0.15, 0.2) is 0 Å².